The molecule has 1 heterocycles. The smallest absolute Gasteiger partial charge is 0.136 e. The summed E-state index contributed by atoms with van der Waals surface area (Å²) in [5.74, 6) is 3.11. The third-order valence-electron chi connectivity index (χ3n) is 4.27. The van der Waals surface area contributed by atoms with Crippen molar-refractivity contribution in [1.29, 1.82) is 0 Å². The summed E-state index contributed by atoms with van der Waals surface area (Å²) in [6.45, 7) is 6.73. The molecule has 3 aromatic rings. The van der Waals surface area contributed by atoms with Crippen LogP contribution < -0.4 is 15.4 Å². The van der Waals surface area contributed by atoms with Gasteiger partial charge in [-0.05, 0) is 50.1 Å². The van der Waals surface area contributed by atoms with E-state index in [0.29, 0.717) is 12.4 Å². The van der Waals surface area contributed by atoms with Crippen molar-refractivity contribution < 1.29 is 4.74 Å². The fourth-order valence-electron chi connectivity index (χ4n) is 2.72. The molecule has 5 heteroatoms. The normalized spacial score (nSPS) is 10.5. The number of hydrogen-bond donors (Lipinski definition) is 2. The average Bonchev–Trinajstić information content (AvgIpc) is 2.63. The van der Waals surface area contributed by atoms with Crippen molar-refractivity contribution in [3.63, 3.8) is 0 Å². The number of para-hydroxylation sites is 1. The van der Waals surface area contributed by atoms with E-state index in [2.05, 4.69) is 52.6 Å². The van der Waals surface area contributed by atoms with E-state index in [1.54, 1.807) is 7.11 Å². The summed E-state index contributed by atoms with van der Waals surface area (Å²) in [6.07, 6.45) is 0. The van der Waals surface area contributed by atoms with Gasteiger partial charge in [-0.15, -0.1) is 0 Å². The van der Waals surface area contributed by atoms with E-state index >= 15 is 0 Å². The summed E-state index contributed by atoms with van der Waals surface area (Å²) in [5, 5.41) is 6.71. The minimum atomic E-state index is 0.629. The summed E-state index contributed by atoms with van der Waals surface area (Å²) in [5.41, 5.74) is 4.61. The van der Waals surface area contributed by atoms with Crippen molar-refractivity contribution in [3.8, 4) is 5.75 Å². The van der Waals surface area contributed by atoms with Crippen LogP contribution in [0.1, 0.15) is 22.5 Å². The maximum Gasteiger partial charge on any atom is 0.136 e. The Morgan fingerprint density at radius 1 is 0.885 bits per heavy atom. The van der Waals surface area contributed by atoms with Crippen LogP contribution in [0.25, 0.3) is 0 Å². The van der Waals surface area contributed by atoms with Crippen LogP contribution in [-0.2, 0) is 6.54 Å². The van der Waals surface area contributed by atoms with Crippen LogP contribution in [0.3, 0.4) is 0 Å². The van der Waals surface area contributed by atoms with Crippen LogP contribution in [0.5, 0.6) is 5.75 Å². The van der Waals surface area contributed by atoms with Gasteiger partial charge in [0.2, 0.25) is 0 Å². The van der Waals surface area contributed by atoms with Gasteiger partial charge in [-0.25, -0.2) is 9.97 Å². The van der Waals surface area contributed by atoms with Crippen molar-refractivity contribution >= 4 is 17.3 Å². The molecule has 0 unspecified atom stereocenters. The van der Waals surface area contributed by atoms with Gasteiger partial charge in [-0.3, -0.25) is 0 Å². The molecule has 0 radical (unpaired) electrons. The van der Waals surface area contributed by atoms with Gasteiger partial charge in [0.25, 0.3) is 0 Å². The quantitative estimate of drug-likeness (QED) is 0.672. The molecule has 0 fully saturated rings. The zero-order valence-corrected chi connectivity index (χ0v) is 15.6. The first-order chi connectivity index (χ1) is 12.5. The van der Waals surface area contributed by atoms with Gasteiger partial charge in [0.05, 0.1) is 7.11 Å². The van der Waals surface area contributed by atoms with E-state index in [-0.39, 0.29) is 0 Å². The fourth-order valence-corrected chi connectivity index (χ4v) is 2.72. The topological polar surface area (TPSA) is 59.1 Å². The zero-order valence-electron chi connectivity index (χ0n) is 15.6. The van der Waals surface area contributed by atoms with Crippen LogP contribution in [0.15, 0.2) is 48.5 Å². The van der Waals surface area contributed by atoms with Crippen LogP contribution in [0.2, 0.25) is 0 Å². The van der Waals surface area contributed by atoms with Gasteiger partial charge in [0.15, 0.2) is 0 Å². The molecule has 0 aliphatic carbocycles. The molecule has 3 rings (SSSR count). The monoisotopic (exact) mass is 348 g/mol. The number of aromatic nitrogens is 2. The highest BCUT2D eigenvalue weighted by Crippen LogP contribution is 2.22. The van der Waals surface area contributed by atoms with Crippen molar-refractivity contribution in [3.05, 3.63) is 71.0 Å². The lowest BCUT2D eigenvalue weighted by atomic mass is 10.1. The number of rotatable bonds is 6. The molecule has 0 bridgehead atoms. The second-order valence-electron chi connectivity index (χ2n) is 6.28. The minimum Gasteiger partial charge on any atom is -0.496 e. The van der Waals surface area contributed by atoms with Gasteiger partial charge < -0.3 is 15.4 Å². The van der Waals surface area contributed by atoms with Crippen molar-refractivity contribution in [1.82, 2.24) is 9.97 Å². The number of aryl methyl sites for hydroxylation is 3. The first-order valence-corrected chi connectivity index (χ1v) is 8.61. The number of benzene rings is 2. The second-order valence-corrected chi connectivity index (χ2v) is 6.28. The molecule has 0 aliphatic heterocycles. The van der Waals surface area contributed by atoms with Crippen LogP contribution in [0.4, 0.5) is 17.3 Å². The van der Waals surface area contributed by atoms with Crippen LogP contribution in [-0.4, -0.2) is 17.1 Å². The highest BCUT2D eigenvalue weighted by Gasteiger charge is 2.06. The van der Waals surface area contributed by atoms with Gasteiger partial charge in [0, 0.05) is 23.9 Å². The summed E-state index contributed by atoms with van der Waals surface area (Å²) in [4.78, 5) is 8.96. The molecule has 5 nitrogen and oxygen atoms in total. The predicted octanol–water partition coefficient (Wildman–Crippen LogP) is 4.77. The van der Waals surface area contributed by atoms with Gasteiger partial charge in [0.1, 0.15) is 23.2 Å². The maximum absolute atomic E-state index is 5.40. The zero-order chi connectivity index (χ0) is 18.5. The molecule has 0 saturated carbocycles. The van der Waals surface area contributed by atoms with E-state index in [1.807, 2.05) is 37.3 Å². The number of hydrogen-bond acceptors (Lipinski definition) is 5. The Morgan fingerprint density at radius 3 is 2.42 bits per heavy atom. The molecule has 0 atom stereocenters. The van der Waals surface area contributed by atoms with E-state index < -0.39 is 0 Å². The highest BCUT2D eigenvalue weighted by atomic mass is 16.5. The van der Waals surface area contributed by atoms with E-state index in [4.69, 9.17) is 4.74 Å². The summed E-state index contributed by atoms with van der Waals surface area (Å²) in [6, 6.07) is 16.1. The molecule has 0 amide bonds. The Labute approximate surface area is 154 Å². The first-order valence-electron chi connectivity index (χ1n) is 8.61. The van der Waals surface area contributed by atoms with Gasteiger partial charge in [-0.2, -0.15) is 0 Å². The standard InChI is InChI=1S/C21H24N4O/c1-14-9-10-18(11-15(14)2)25-21-12-20(23-16(3)24-21)22-13-17-7-5-6-8-19(17)26-4/h5-12H,13H2,1-4H3,(H2,22,23,24,25). The number of nitrogens with zero attached hydrogens (tertiary/aromatic N) is 2. The van der Waals surface area contributed by atoms with Gasteiger partial charge >= 0.3 is 0 Å². The van der Waals surface area contributed by atoms with Crippen molar-refractivity contribution in [2.45, 2.75) is 27.3 Å². The molecule has 0 aliphatic rings. The largest absolute Gasteiger partial charge is 0.496 e. The predicted molar refractivity (Wildman–Crippen MR) is 106 cm³/mol. The Morgan fingerprint density at radius 2 is 1.65 bits per heavy atom. The van der Waals surface area contributed by atoms with Crippen molar-refractivity contribution in [2.24, 2.45) is 0 Å². The number of anilines is 3. The molecule has 1 aromatic heterocycles. The van der Waals surface area contributed by atoms with Crippen molar-refractivity contribution in [2.75, 3.05) is 17.7 Å². The van der Waals surface area contributed by atoms with E-state index in [9.17, 15) is 0 Å². The molecule has 26 heavy (non-hydrogen) atoms. The maximum atomic E-state index is 5.40. The Balaban J connectivity index is 1.76. The third kappa shape index (κ3) is 4.30. The molecule has 0 spiro atoms. The highest BCUT2D eigenvalue weighted by molar-refractivity contribution is 5.60. The van der Waals surface area contributed by atoms with E-state index in [0.717, 1.165) is 28.6 Å². The SMILES string of the molecule is COc1ccccc1CNc1cc(Nc2ccc(C)c(C)c2)nc(C)n1. The van der Waals surface area contributed by atoms with Gasteiger partial charge in [-0.1, -0.05) is 24.3 Å². The van der Waals surface area contributed by atoms with Crippen LogP contribution in [0, 0.1) is 20.8 Å². The molecular weight excluding hydrogens is 324 g/mol. The lowest BCUT2D eigenvalue weighted by molar-refractivity contribution is 0.410. The number of nitrogens with one attached hydrogen (secondary N) is 2. The number of ether oxygens (including phenoxy) is 1. The summed E-state index contributed by atoms with van der Waals surface area (Å²) >= 11 is 0. The molecule has 134 valence electrons. The van der Waals surface area contributed by atoms with Crippen LogP contribution >= 0.6 is 0 Å². The molecule has 2 N–H and O–H groups in total. The Bertz CT molecular complexity index is 908. The Hall–Kier alpha value is -3.08. The molecule has 0 saturated heterocycles. The molecule has 2 aromatic carbocycles. The summed E-state index contributed by atoms with van der Waals surface area (Å²) < 4.78 is 5.40. The second kappa shape index (κ2) is 7.87. The lowest BCUT2D eigenvalue weighted by Gasteiger charge is -2.12. The summed E-state index contributed by atoms with van der Waals surface area (Å²) in [7, 11) is 1.68. The Kier molecular flexibility index (Phi) is 5.37. The lowest BCUT2D eigenvalue weighted by Crippen LogP contribution is -2.06. The first kappa shape index (κ1) is 17.7. The third-order valence-corrected chi connectivity index (χ3v) is 4.27. The average molecular weight is 348 g/mol. The molecular formula is C21H24N4O. The number of methoxy groups -OCH3 is 1. The minimum absolute atomic E-state index is 0.629. The fraction of sp³-hybridized carbons (Fsp3) is 0.238. The van der Waals surface area contributed by atoms with E-state index in [1.165, 1.54) is 11.1 Å².